The van der Waals surface area contributed by atoms with Gasteiger partial charge in [0, 0.05) is 19.2 Å². The second kappa shape index (κ2) is 5.30. The summed E-state index contributed by atoms with van der Waals surface area (Å²) in [6.45, 7) is 3.81. The van der Waals surface area contributed by atoms with Gasteiger partial charge in [0.15, 0.2) is 0 Å². The van der Waals surface area contributed by atoms with Crippen molar-refractivity contribution >= 4 is 0 Å². The van der Waals surface area contributed by atoms with E-state index in [-0.39, 0.29) is 6.04 Å². The third kappa shape index (κ3) is 2.95. The Morgan fingerprint density at radius 2 is 2.43 bits per heavy atom. The predicted molar refractivity (Wildman–Crippen MR) is 54.7 cm³/mol. The lowest BCUT2D eigenvalue weighted by atomic mass is 10.1. The van der Waals surface area contributed by atoms with Gasteiger partial charge in [0.25, 0.3) is 0 Å². The Bertz CT molecular complexity index is 214. The highest BCUT2D eigenvalue weighted by atomic mass is 16.5. The zero-order valence-corrected chi connectivity index (χ0v) is 8.94. The molecule has 0 amide bonds. The van der Waals surface area contributed by atoms with Gasteiger partial charge in [0.1, 0.15) is 0 Å². The fourth-order valence-corrected chi connectivity index (χ4v) is 1.87. The summed E-state index contributed by atoms with van der Waals surface area (Å²) in [4.78, 5) is 2.24. The van der Waals surface area contributed by atoms with Crippen LogP contribution >= 0.6 is 0 Å². The van der Waals surface area contributed by atoms with Crippen LogP contribution in [0.1, 0.15) is 19.8 Å². The Kier molecular flexibility index (Phi) is 4.33. The van der Waals surface area contributed by atoms with Crippen LogP contribution < -0.4 is 5.73 Å². The molecule has 4 nitrogen and oxygen atoms in total. The van der Waals surface area contributed by atoms with E-state index in [0.29, 0.717) is 12.1 Å². The van der Waals surface area contributed by atoms with Crippen molar-refractivity contribution in [2.45, 2.75) is 38.0 Å². The molecule has 0 aromatic rings. The largest absolute Gasteiger partial charge is 0.377 e. The minimum atomic E-state index is -0.338. The summed E-state index contributed by atoms with van der Waals surface area (Å²) >= 11 is 0. The number of hydrogen-bond acceptors (Lipinski definition) is 4. The highest BCUT2D eigenvalue weighted by Crippen LogP contribution is 2.18. The molecule has 3 unspecified atom stereocenters. The van der Waals surface area contributed by atoms with Crippen LogP contribution in [-0.4, -0.2) is 43.3 Å². The zero-order chi connectivity index (χ0) is 10.6. The number of nitrogens with two attached hydrogens (primary N) is 1. The molecule has 1 aliphatic heterocycles. The first-order valence-corrected chi connectivity index (χ1v) is 5.12. The van der Waals surface area contributed by atoms with Gasteiger partial charge in [-0.3, -0.25) is 0 Å². The van der Waals surface area contributed by atoms with Crippen molar-refractivity contribution < 1.29 is 4.74 Å². The Balaban J connectivity index is 2.28. The number of hydrogen-bond donors (Lipinski definition) is 1. The first-order chi connectivity index (χ1) is 6.65. The van der Waals surface area contributed by atoms with E-state index in [1.54, 1.807) is 0 Å². The fourth-order valence-electron chi connectivity index (χ4n) is 1.87. The van der Waals surface area contributed by atoms with Crippen LogP contribution in [0.4, 0.5) is 0 Å². The van der Waals surface area contributed by atoms with Crippen molar-refractivity contribution in [3.63, 3.8) is 0 Å². The van der Waals surface area contributed by atoms with E-state index in [1.165, 1.54) is 0 Å². The van der Waals surface area contributed by atoms with Crippen LogP contribution in [0.25, 0.3) is 0 Å². The molecule has 0 aromatic heterocycles. The van der Waals surface area contributed by atoms with E-state index < -0.39 is 0 Å². The molecule has 0 aliphatic carbocycles. The summed E-state index contributed by atoms with van der Waals surface area (Å²) in [6, 6.07) is 2.19. The van der Waals surface area contributed by atoms with E-state index in [4.69, 9.17) is 15.7 Å². The van der Waals surface area contributed by atoms with Crippen molar-refractivity contribution in [1.29, 1.82) is 5.26 Å². The smallest absolute Gasteiger partial charge is 0.0940 e. The average Bonchev–Trinajstić information content (AvgIpc) is 2.60. The van der Waals surface area contributed by atoms with E-state index in [0.717, 1.165) is 26.0 Å². The molecule has 0 saturated carbocycles. The summed E-state index contributed by atoms with van der Waals surface area (Å²) in [5.74, 6) is 0. The molecule has 2 N–H and O–H groups in total. The minimum Gasteiger partial charge on any atom is -0.377 e. The second-order valence-electron chi connectivity index (χ2n) is 3.94. The van der Waals surface area contributed by atoms with Crippen LogP contribution in [0.5, 0.6) is 0 Å². The SMILES string of the molecule is CC1OCCC1N(C)CCC(N)C#N. The summed E-state index contributed by atoms with van der Waals surface area (Å²) in [5, 5.41) is 8.55. The molecule has 1 rings (SSSR count). The van der Waals surface area contributed by atoms with Crippen LogP contribution in [0.3, 0.4) is 0 Å². The second-order valence-corrected chi connectivity index (χ2v) is 3.94. The van der Waals surface area contributed by atoms with Gasteiger partial charge in [-0.25, -0.2) is 0 Å². The summed E-state index contributed by atoms with van der Waals surface area (Å²) in [7, 11) is 2.07. The van der Waals surface area contributed by atoms with Crippen LogP contribution in [0.15, 0.2) is 0 Å². The van der Waals surface area contributed by atoms with Gasteiger partial charge in [0.2, 0.25) is 0 Å². The lowest BCUT2D eigenvalue weighted by Crippen LogP contribution is -2.39. The molecule has 14 heavy (non-hydrogen) atoms. The Morgan fingerprint density at radius 3 is 2.93 bits per heavy atom. The Morgan fingerprint density at radius 1 is 1.71 bits per heavy atom. The maximum Gasteiger partial charge on any atom is 0.0940 e. The third-order valence-corrected chi connectivity index (χ3v) is 2.86. The van der Waals surface area contributed by atoms with Crippen LogP contribution in [0.2, 0.25) is 0 Å². The molecular weight excluding hydrogens is 178 g/mol. The maximum absolute atomic E-state index is 8.55. The normalized spacial score (nSPS) is 29.1. The summed E-state index contributed by atoms with van der Waals surface area (Å²) < 4.78 is 5.48. The lowest BCUT2D eigenvalue weighted by molar-refractivity contribution is 0.0831. The quantitative estimate of drug-likeness (QED) is 0.705. The number of nitrogens with zero attached hydrogens (tertiary/aromatic N) is 2. The average molecular weight is 197 g/mol. The number of likely N-dealkylation sites (N-methyl/N-ethyl adjacent to an activating group) is 1. The van der Waals surface area contributed by atoms with Gasteiger partial charge in [0.05, 0.1) is 18.2 Å². The zero-order valence-electron chi connectivity index (χ0n) is 8.94. The molecule has 1 fully saturated rings. The van der Waals surface area contributed by atoms with Gasteiger partial charge in [-0.05, 0) is 26.8 Å². The Hall–Kier alpha value is -0.630. The van der Waals surface area contributed by atoms with Crippen molar-refractivity contribution in [2.75, 3.05) is 20.2 Å². The molecule has 0 radical (unpaired) electrons. The predicted octanol–water partition coefficient (Wildman–Crippen LogP) is 0.337. The van der Waals surface area contributed by atoms with Gasteiger partial charge >= 0.3 is 0 Å². The van der Waals surface area contributed by atoms with Crippen molar-refractivity contribution in [2.24, 2.45) is 5.73 Å². The number of nitriles is 1. The maximum atomic E-state index is 8.55. The van der Waals surface area contributed by atoms with Gasteiger partial charge in [-0.15, -0.1) is 0 Å². The van der Waals surface area contributed by atoms with Gasteiger partial charge in [-0.2, -0.15) is 5.26 Å². The molecule has 1 aliphatic rings. The van der Waals surface area contributed by atoms with Crippen molar-refractivity contribution in [1.82, 2.24) is 4.90 Å². The number of ether oxygens (including phenoxy) is 1. The molecule has 0 aromatic carbocycles. The lowest BCUT2D eigenvalue weighted by Gasteiger charge is -2.26. The van der Waals surface area contributed by atoms with E-state index >= 15 is 0 Å². The summed E-state index contributed by atoms with van der Waals surface area (Å²) in [5.41, 5.74) is 5.54. The summed E-state index contributed by atoms with van der Waals surface area (Å²) in [6.07, 6.45) is 2.12. The number of rotatable bonds is 4. The van der Waals surface area contributed by atoms with Crippen LogP contribution in [-0.2, 0) is 4.74 Å². The highest BCUT2D eigenvalue weighted by molar-refractivity contribution is 4.88. The monoisotopic (exact) mass is 197 g/mol. The van der Waals surface area contributed by atoms with E-state index in [1.807, 2.05) is 6.07 Å². The minimum absolute atomic E-state index is 0.304. The first-order valence-electron chi connectivity index (χ1n) is 5.12. The van der Waals surface area contributed by atoms with E-state index in [9.17, 15) is 0 Å². The molecule has 80 valence electrons. The van der Waals surface area contributed by atoms with Gasteiger partial charge < -0.3 is 15.4 Å². The molecule has 0 bridgehead atoms. The van der Waals surface area contributed by atoms with Crippen molar-refractivity contribution in [3.05, 3.63) is 0 Å². The molecule has 3 atom stereocenters. The standard InChI is InChI=1S/C10H19N3O/c1-8-10(4-6-14-8)13(2)5-3-9(12)7-11/h8-10H,3-6,12H2,1-2H3. The van der Waals surface area contributed by atoms with Crippen LogP contribution in [0, 0.1) is 11.3 Å². The fraction of sp³-hybridized carbons (Fsp3) is 0.900. The molecule has 0 spiro atoms. The van der Waals surface area contributed by atoms with E-state index in [2.05, 4.69) is 18.9 Å². The topological polar surface area (TPSA) is 62.3 Å². The highest BCUT2D eigenvalue weighted by Gasteiger charge is 2.27. The molecule has 1 saturated heterocycles. The molecule has 4 heteroatoms. The van der Waals surface area contributed by atoms with Gasteiger partial charge in [-0.1, -0.05) is 0 Å². The first kappa shape index (κ1) is 11.4. The molecular formula is C10H19N3O. The third-order valence-electron chi connectivity index (χ3n) is 2.86. The van der Waals surface area contributed by atoms with Crippen molar-refractivity contribution in [3.8, 4) is 6.07 Å². The molecule has 1 heterocycles. The Labute approximate surface area is 85.6 Å².